The van der Waals surface area contributed by atoms with Crippen molar-refractivity contribution in [1.29, 1.82) is 0 Å². The lowest BCUT2D eigenvalue weighted by molar-refractivity contribution is -0.139. The Labute approximate surface area is 170 Å². The van der Waals surface area contributed by atoms with Crippen molar-refractivity contribution in [3.8, 4) is 0 Å². The minimum Gasteiger partial charge on any atom is -0.463 e. The molecule has 0 aromatic rings. The number of methoxy groups -OCH3 is 1. The predicted octanol–water partition coefficient (Wildman–Crippen LogP) is 3.00. The van der Waals surface area contributed by atoms with Gasteiger partial charge in [0, 0.05) is 23.8 Å². The number of carbonyl (C=O) groups excluding carboxylic acids is 3. The molecule has 8 heteroatoms. The van der Waals surface area contributed by atoms with Gasteiger partial charge in [-0.2, -0.15) is 0 Å². The Morgan fingerprint density at radius 3 is 2.00 bits per heavy atom. The maximum atomic E-state index is 12.8. The van der Waals surface area contributed by atoms with Crippen molar-refractivity contribution < 1.29 is 28.6 Å². The average Bonchev–Trinajstić information content (AvgIpc) is 2.67. The van der Waals surface area contributed by atoms with Crippen LogP contribution in [0.25, 0.3) is 0 Å². The first-order valence-corrected chi connectivity index (χ1v) is 9.55. The summed E-state index contributed by atoms with van der Waals surface area (Å²) < 4.78 is 15.3. The van der Waals surface area contributed by atoms with Crippen LogP contribution in [0.3, 0.4) is 0 Å². The number of rotatable bonds is 5. The van der Waals surface area contributed by atoms with Crippen molar-refractivity contribution in [2.45, 2.75) is 34.6 Å². The smallest absolute Gasteiger partial charge is 0.417 e. The summed E-state index contributed by atoms with van der Waals surface area (Å²) in [6, 6.07) is 0. The molecule has 8 nitrogen and oxygen atoms in total. The highest BCUT2D eigenvalue weighted by Crippen LogP contribution is 2.41. The van der Waals surface area contributed by atoms with E-state index >= 15 is 0 Å². The van der Waals surface area contributed by atoms with Gasteiger partial charge >= 0.3 is 18.0 Å². The Balaban J connectivity index is 2.66. The molecule has 0 aliphatic carbocycles. The van der Waals surface area contributed by atoms with Gasteiger partial charge in [0.25, 0.3) is 0 Å². The van der Waals surface area contributed by atoms with Crippen molar-refractivity contribution in [2.24, 2.45) is 11.8 Å². The molecule has 2 aliphatic heterocycles. The van der Waals surface area contributed by atoms with Gasteiger partial charge in [-0.1, -0.05) is 13.0 Å². The molecule has 1 N–H and O–H groups in total. The summed E-state index contributed by atoms with van der Waals surface area (Å²) in [5.74, 6) is -1.91. The van der Waals surface area contributed by atoms with Crippen LogP contribution in [0.5, 0.6) is 0 Å². The van der Waals surface area contributed by atoms with Gasteiger partial charge in [-0.3, -0.25) is 4.90 Å². The fourth-order valence-corrected chi connectivity index (χ4v) is 3.50. The summed E-state index contributed by atoms with van der Waals surface area (Å²) >= 11 is 0. The molecular formula is C21H28N2O6. The standard InChI is InChI=1S/C21H28N2O6/c1-7-28-19(24)16-13(4)22-14(5)17(20(25)29-8-2)18(16)15-11-23(21(26)27-6)10-9-12(15)3/h9-12,18,22H,7-8H2,1-6H3. The lowest BCUT2D eigenvalue weighted by atomic mass is 9.75. The van der Waals surface area contributed by atoms with E-state index in [-0.39, 0.29) is 19.1 Å². The number of amides is 1. The Hall–Kier alpha value is -3.03. The van der Waals surface area contributed by atoms with Crippen LogP contribution >= 0.6 is 0 Å². The fourth-order valence-electron chi connectivity index (χ4n) is 3.50. The van der Waals surface area contributed by atoms with Gasteiger partial charge in [-0.25, -0.2) is 14.4 Å². The molecule has 0 saturated heterocycles. The van der Waals surface area contributed by atoms with E-state index in [4.69, 9.17) is 14.2 Å². The summed E-state index contributed by atoms with van der Waals surface area (Å²) in [6.45, 7) is 9.27. The number of allylic oxidation sites excluding steroid dienone is 4. The van der Waals surface area contributed by atoms with E-state index in [1.165, 1.54) is 12.0 Å². The first-order chi connectivity index (χ1) is 13.8. The molecule has 29 heavy (non-hydrogen) atoms. The number of nitrogens with zero attached hydrogens (tertiary/aromatic N) is 1. The number of esters is 2. The van der Waals surface area contributed by atoms with Crippen molar-refractivity contribution >= 4 is 18.0 Å². The Kier molecular flexibility index (Phi) is 7.25. The Morgan fingerprint density at radius 1 is 1.03 bits per heavy atom. The molecule has 0 aromatic carbocycles. The van der Waals surface area contributed by atoms with Crippen molar-refractivity contribution in [2.75, 3.05) is 20.3 Å². The van der Waals surface area contributed by atoms with Gasteiger partial charge in [0.15, 0.2) is 0 Å². The van der Waals surface area contributed by atoms with Gasteiger partial charge in [0.2, 0.25) is 0 Å². The first kappa shape index (κ1) is 22.3. The molecule has 0 aromatic heterocycles. The highest BCUT2D eigenvalue weighted by atomic mass is 16.5. The first-order valence-electron chi connectivity index (χ1n) is 9.55. The van der Waals surface area contributed by atoms with Gasteiger partial charge < -0.3 is 19.5 Å². The highest BCUT2D eigenvalue weighted by Gasteiger charge is 2.41. The van der Waals surface area contributed by atoms with E-state index in [9.17, 15) is 14.4 Å². The molecular weight excluding hydrogens is 376 g/mol. The van der Waals surface area contributed by atoms with Crippen LogP contribution in [0, 0.1) is 11.8 Å². The molecule has 158 valence electrons. The minimum absolute atomic E-state index is 0.145. The van der Waals surface area contributed by atoms with Gasteiger partial charge in [-0.05, 0) is 39.2 Å². The molecule has 0 saturated carbocycles. The third kappa shape index (κ3) is 4.52. The number of carbonyl (C=O) groups is 3. The third-order valence-electron chi connectivity index (χ3n) is 4.82. The minimum atomic E-state index is -0.721. The van der Waals surface area contributed by atoms with Crippen LogP contribution in [0.2, 0.25) is 0 Å². The number of hydrogen-bond acceptors (Lipinski definition) is 7. The SMILES string of the molecule is CCOC(=O)C1=C(C)NC(C)=C(C(=O)OCC)C1C1=CN(C(=O)OC)C=CC1C. The van der Waals surface area contributed by atoms with Crippen LogP contribution in [0.1, 0.15) is 34.6 Å². The van der Waals surface area contributed by atoms with E-state index in [0.29, 0.717) is 28.1 Å². The summed E-state index contributed by atoms with van der Waals surface area (Å²) in [5.41, 5.74) is 2.50. The predicted molar refractivity (Wildman–Crippen MR) is 106 cm³/mol. The van der Waals surface area contributed by atoms with Crippen molar-refractivity contribution in [1.82, 2.24) is 10.2 Å². The van der Waals surface area contributed by atoms with Gasteiger partial charge in [0.05, 0.1) is 37.4 Å². The van der Waals surface area contributed by atoms with Gasteiger partial charge in [0.1, 0.15) is 0 Å². The molecule has 1 amide bonds. The monoisotopic (exact) mass is 404 g/mol. The van der Waals surface area contributed by atoms with Crippen LogP contribution in [-0.4, -0.2) is 43.3 Å². The second kappa shape index (κ2) is 9.45. The van der Waals surface area contributed by atoms with Gasteiger partial charge in [-0.15, -0.1) is 0 Å². The zero-order chi connectivity index (χ0) is 21.7. The normalized spacial score (nSPS) is 19.6. The third-order valence-corrected chi connectivity index (χ3v) is 4.82. The summed E-state index contributed by atoms with van der Waals surface area (Å²) in [5, 5.41) is 3.09. The molecule has 0 fully saturated rings. The quantitative estimate of drug-likeness (QED) is 0.556. The zero-order valence-electron chi connectivity index (χ0n) is 17.7. The van der Waals surface area contributed by atoms with Crippen LogP contribution in [0.4, 0.5) is 4.79 Å². The largest absolute Gasteiger partial charge is 0.463 e. The molecule has 2 aliphatic rings. The summed E-state index contributed by atoms with van der Waals surface area (Å²) in [4.78, 5) is 39.0. The number of hydrogen-bond donors (Lipinski definition) is 1. The van der Waals surface area contributed by atoms with Crippen LogP contribution < -0.4 is 5.32 Å². The average molecular weight is 404 g/mol. The summed E-state index contributed by atoms with van der Waals surface area (Å²) in [6.07, 6.45) is 4.44. The molecule has 0 bridgehead atoms. The van der Waals surface area contributed by atoms with Crippen LogP contribution in [0.15, 0.2) is 46.6 Å². The number of dihydropyridines is 1. The Morgan fingerprint density at radius 2 is 1.55 bits per heavy atom. The van der Waals surface area contributed by atoms with Crippen molar-refractivity contribution in [3.05, 3.63) is 46.6 Å². The molecule has 2 rings (SSSR count). The topological polar surface area (TPSA) is 94.2 Å². The molecule has 0 radical (unpaired) electrons. The number of nitrogens with one attached hydrogen (secondary N) is 1. The maximum Gasteiger partial charge on any atom is 0.417 e. The molecule has 1 unspecified atom stereocenters. The van der Waals surface area contributed by atoms with E-state index in [1.807, 2.05) is 13.0 Å². The van der Waals surface area contributed by atoms with E-state index in [2.05, 4.69) is 5.32 Å². The molecule has 2 heterocycles. The second-order valence-electron chi connectivity index (χ2n) is 6.71. The zero-order valence-corrected chi connectivity index (χ0v) is 17.7. The Bertz CT molecular complexity index is 781. The number of ether oxygens (including phenoxy) is 3. The van der Waals surface area contributed by atoms with E-state index in [1.54, 1.807) is 40.1 Å². The highest BCUT2D eigenvalue weighted by molar-refractivity contribution is 5.99. The lowest BCUT2D eigenvalue weighted by Gasteiger charge is -2.35. The fraction of sp³-hybridized carbons (Fsp3) is 0.476. The second-order valence-corrected chi connectivity index (χ2v) is 6.71. The van der Waals surface area contributed by atoms with E-state index in [0.717, 1.165) is 0 Å². The van der Waals surface area contributed by atoms with Crippen LogP contribution in [-0.2, 0) is 23.8 Å². The van der Waals surface area contributed by atoms with E-state index < -0.39 is 23.9 Å². The lowest BCUT2D eigenvalue weighted by Crippen LogP contribution is -2.37. The molecule has 1 atom stereocenters. The van der Waals surface area contributed by atoms with Crippen molar-refractivity contribution in [3.63, 3.8) is 0 Å². The summed E-state index contributed by atoms with van der Waals surface area (Å²) in [7, 11) is 1.29. The maximum absolute atomic E-state index is 12.8. The molecule has 0 spiro atoms.